The molecule has 0 unspecified atom stereocenters. The fraction of sp³-hybridized carbons (Fsp3) is 0.0526. The third-order valence-corrected chi connectivity index (χ3v) is 3.61. The molecule has 3 aromatic rings. The van der Waals surface area contributed by atoms with Gasteiger partial charge in [-0.3, -0.25) is 0 Å². The van der Waals surface area contributed by atoms with Crippen molar-refractivity contribution in [3.63, 3.8) is 0 Å². The lowest BCUT2D eigenvalue weighted by atomic mass is 10.1. The Balaban J connectivity index is 2.47. The first-order valence-electron chi connectivity index (χ1n) is 6.71. The van der Waals surface area contributed by atoms with E-state index in [1.165, 1.54) is 16.5 Å². The first-order valence-corrected chi connectivity index (χ1v) is 6.71. The Kier molecular flexibility index (Phi) is 3.03. The molecule has 0 fully saturated rings. The van der Waals surface area contributed by atoms with Crippen LogP contribution in [0.2, 0.25) is 0 Å². The van der Waals surface area contributed by atoms with Gasteiger partial charge in [-0.15, -0.1) is 0 Å². The Hall–Kier alpha value is -2.54. The molecule has 0 aliphatic carbocycles. The summed E-state index contributed by atoms with van der Waals surface area (Å²) in [6.07, 6.45) is 3.82. The van der Waals surface area contributed by atoms with Crippen molar-refractivity contribution in [2.75, 3.05) is 0 Å². The van der Waals surface area contributed by atoms with E-state index in [1.807, 2.05) is 18.2 Å². The molecule has 2 aromatic carbocycles. The zero-order valence-corrected chi connectivity index (χ0v) is 11.6. The highest BCUT2D eigenvalue weighted by Gasteiger charge is 2.14. The van der Waals surface area contributed by atoms with Crippen molar-refractivity contribution < 1.29 is 0 Å². The zero-order chi connectivity index (χ0) is 14.1. The highest BCUT2D eigenvalue weighted by molar-refractivity contribution is 5.95. The SMILES string of the molecule is C=Cc1c(C=C)n(-c2ccccc2)c2ccc(C)cc12. The fourth-order valence-corrected chi connectivity index (χ4v) is 2.72. The average Bonchev–Trinajstić information content (AvgIpc) is 2.80. The number of hydrogen-bond acceptors (Lipinski definition) is 0. The summed E-state index contributed by atoms with van der Waals surface area (Å²) in [5.74, 6) is 0. The fourth-order valence-electron chi connectivity index (χ4n) is 2.72. The van der Waals surface area contributed by atoms with Crippen LogP contribution in [-0.2, 0) is 0 Å². The molecule has 0 N–H and O–H groups in total. The van der Waals surface area contributed by atoms with E-state index in [2.05, 4.69) is 67.1 Å². The Morgan fingerprint density at radius 3 is 2.35 bits per heavy atom. The lowest BCUT2D eigenvalue weighted by Crippen LogP contribution is -1.96. The molecule has 1 aromatic heterocycles. The molecule has 0 atom stereocenters. The molecule has 20 heavy (non-hydrogen) atoms. The van der Waals surface area contributed by atoms with Gasteiger partial charge in [0.1, 0.15) is 0 Å². The smallest absolute Gasteiger partial charge is 0.0541 e. The molecule has 0 radical (unpaired) electrons. The second-order valence-corrected chi connectivity index (χ2v) is 4.90. The van der Waals surface area contributed by atoms with Crippen molar-refractivity contribution in [2.24, 2.45) is 0 Å². The van der Waals surface area contributed by atoms with Crippen molar-refractivity contribution in [3.05, 3.63) is 78.5 Å². The Morgan fingerprint density at radius 1 is 0.950 bits per heavy atom. The number of aromatic nitrogens is 1. The molecule has 1 nitrogen and oxygen atoms in total. The number of fused-ring (bicyclic) bond motifs is 1. The average molecular weight is 259 g/mol. The lowest BCUT2D eigenvalue weighted by molar-refractivity contribution is 1.11. The molecule has 0 amide bonds. The number of aryl methyl sites for hydroxylation is 1. The standard InChI is InChI=1S/C19H17N/c1-4-16-17-13-14(3)11-12-19(17)20(18(16)5-2)15-9-7-6-8-10-15/h4-13H,1-2H2,3H3. The lowest BCUT2D eigenvalue weighted by Gasteiger charge is -2.08. The van der Waals surface area contributed by atoms with Gasteiger partial charge >= 0.3 is 0 Å². The predicted molar refractivity (Wildman–Crippen MR) is 88.2 cm³/mol. The van der Waals surface area contributed by atoms with Gasteiger partial charge in [0.05, 0.1) is 11.2 Å². The summed E-state index contributed by atoms with van der Waals surface area (Å²) in [6.45, 7) is 10.1. The first-order chi connectivity index (χ1) is 9.76. The van der Waals surface area contributed by atoms with Gasteiger partial charge in [-0.25, -0.2) is 0 Å². The monoisotopic (exact) mass is 259 g/mol. The number of rotatable bonds is 3. The van der Waals surface area contributed by atoms with Crippen LogP contribution in [0.3, 0.4) is 0 Å². The van der Waals surface area contributed by atoms with Crippen LogP contribution in [0.25, 0.3) is 28.7 Å². The van der Waals surface area contributed by atoms with Crippen molar-refractivity contribution >= 4 is 23.1 Å². The minimum absolute atomic E-state index is 1.09. The summed E-state index contributed by atoms with van der Waals surface area (Å²) >= 11 is 0. The molecule has 0 spiro atoms. The Labute approximate surface area is 119 Å². The topological polar surface area (TPSA) is 4.93 Å². The Bertz CT molecular complexity index is 791. The summed E-state index contributed by atoms with van der Waals surface area (Å²) in [7, 11) is 0. The zero-order valence-electron chi connectivity index (χ0n) is 11.6. The maximum atomic E-state index is 3.97. The molecule has 3 rings (SSSR count). The number of benzene rings is 2. The molecule has 98 valence electrons. The molecule has 0 aliphatic heterocycles. The minimum atomic E-state index is 1.09. The summed E-state index contributed by atoms with van der Waals surface area (Å²) in [5, 5.41) is 1.22. The van der Waals surface area contributed by atoms with Gasteiger partial charge in [-0.2, -0.15) is 0 Å². The van der Waals surface area contributed by atoms with Crippen molar-refractivity contribution in [1.82, 2.24) is 4.57 Å². The quantitative estimate of drug-likeness (QED) is 0.607. The summed E-state index contributed by atoms with van der Waals surface area (Å²) in [4.78, 5) is 0. The van der Waals surface area contributed by atoms with E-state index in [4.69, 9.17) is 0 Å². The van der Waals surface area contributed by atoms with Gasteiger partial charge in [-0.1, -0.05) is 49.1 Å². The van der Waals surface area contributed by atoms with E-state index in [0.717, 1.165) is 16.9 Å². The minimum Gasteiger partial charge on any atom is -0.309 e. The number of para-hydroxylation sites is 1. The van der Waals surface area contributed by atoms with Gasteiger partial charge in [0.25, 0.3) is 0 Å². The van der Waals surface area contributed by atoms with Crippen molar-refractivity contribution in [3.8, 4) is 5.69 Å². The number of nitrogens with zero attached hydrogens (tertiary/aromatic N) is 1. The molecular formula is C19H17N. The van der Waals surface area contributed by atoms with Gasteiger partial charge in [0, 0.05) is 16.6 Å². The van der Waals surface area contributed by atoms with Gasteiger partial charge in [-0.05, 0) is 37.3 Å². The second-order valence-electron chi connectivity index (χ2n) is 4.90. The van der Waals surface area contributed by atoms with E-state index in [9.17, 15) is 0 Å². The maximum absolute atomic E-state index is 3.97. The molecular weight excluding hydrogens is 242 g/mol. The summed E-state index contributed by atoms with van der Waals surface area (Å²) in [5.41, 5.74) is 5.81. The van der Waals surface area contributed by atoms with E-state index in [1.54, 1.807) is 0 Å². The summed E-state index contributed by atoms with van der Waals surface area (Å²) in [6, 6.07) is 16.9. The van der Waals surface area contributed by atoms with Crippen LogP contribution in [0.15, 0.2) is 61.7 Å². The molecule has 1 heteroatoms. The third kappa shape index (κ3) is 1.79. The van der Waals surface area contributed by atoms with Crippen LogP contribution in [-0.4, -0.2) is 4.57 Å². The molecule has 0 aliphatic rings. The molecule has 0 bridgehead atoms. The molecule has 0 saturated carbocycles. The first kappa shape index (κ1) is 12.5. The normalized spacial score (nSPS) is 10.7. The third-order valence-electron chi connectivity index (χ3n) is 3.61. The van der Waals surface area contributed by atoms with Crippen molar-refractivity contribution in [1.29, 1.82) is 0 Å². The van der Waals surface area contributed by atoms with Crippen LogP contribution < -0.4 is 0 Å². The van der Waals surface area contributed by atoms with Crippen LogP contribution in [0, 0.1) is 6.92 Å². The van der Waals surface area contributed by atoms with E-state index in [-0.39, 0.29) is 0 Å². The molecule has 0 saturated heterocycles. The van der Waals surface area contributed by atoms with E-state index >= 15 is 0 Å². The van der Waals surface area contributed by atoms with Crippen LogP contribution in [0.1, 0.15) is 16.8 Å². The second kappa shape index (κ2) is 4.86. The van der Waals surface area contributed by atoms with E-state index in [0.29, 0.717) is 0 Å². The van der Waals surface area contributed by atoms with Gasteiger partial charge in [0.2, 0.25) is 0 Å². The van der Waals surface area contributed by atoms with Gasteiger partial charge in [0.15, 0.2) is 0 Å². The highest BCUT2D eigenvalue weighted by Crippen LogP contribution is 2.31. The van der Waals surface area contributed by atoms with Crippen molar-refractivity contribution in [2.45, 2.75) is 6.92 Å². The van der Waals surface area contributed by atoms with E-state index < -0.39 is 0 Å². The summed E-state index contributed by atoms with van der Waals surface area (Å²) < 4.78 is 2.23. The predicted octanol–water partition coefficient (Wildman–Crippen LogP) is 5.22. The van der Waals surface area contributed by atoms with Crippen LogP contribution in [0.5, 0.6) is 0 Å². The molecule has 1 heterocycles. The highest BCUT2D eigenvalue weighted by atomic mass is 15.0. The largest absolute Gasteiger partial charge is 0.309 e. The van der Waals surface area contributed by atoms with Crippen LogP contribution in [0.4, 0.5) is 0 Å². The maximum Gasteiger partial charge on any atom is 0.0541 e. The number of hydrogen-bond donors (Lipinski definition) is 0. The van der Waals surface area contributed by atoms with Crippen LogP contribution >= 0.6 is 0 Å². The Morgan fingerprint density at radius 2 is 1.70 bits per heavy atom. The van der Waals surface area contributed by atoms with Gasteiger partial charge < -0.3 is 4.57 Å².